The Morgan fingerprint density at radius 2 is 2.42 bits per heavy atom. The predicted octanol–water partition coefficient (Wildman–Crippen LogP) is 0.563. The first-order chi connectivity index (χ1) is 5.65. The molecule has 1 rings (SSSR count). The number of imidazole rings is 1. The second-order valence-electron chi connectivity index (χ2n) is 2.39. The fourth-order valence-electron chi connectivity index (χ4n) is 0.966. The van der Waals surface area contributed by atoms with Crippen molar-refractivity contribution in [3.05, 3.63) is 17.2 Å². The maximum atomic E-state index is 10.6. The van der Waals surface area contributed by atoms with E-state index in [9.17, 15) is 4.79 Å². The van der Waals surface area contributed by atoms with Crippen molar-refractivity contribution in [3.63, 3.8) is 0 Å². The Morgan fingerprint density at radius 1 is 1.75 bits per heavy atom. The molecule has 1 aromatic heterocycles. The molecule has 0 aliphatic heterocycles. The van der Waals surface area contributed by atoms with Crippen LogP contribution in [0.1, 0.15) is 22.0 Å². The number of rotatable bonds is 3. The number of ether oxygens (including phenoxy) is 1. The summed E-state index contributed by atoms with van der Waals surface area (Å²) >= 11 is 0. The topological polar surface area (TPSA) is 75.2 Å². The van der Waals surface area contributed by atoms with Crippen molar-refractivity contribution in [2.24, 2.45) is 0 Å². The Balaban J connectivity index is 2.99. The molecule has 0 atom stereocenters. The molecule has 12 heavy (non-hydrogen) atoms. The second-order valence-corrected chi connectivity index (χ2v) is 2.39. The molecule has 0 aromatic carbocycles. The van der Waals surface area contributed by atoms with E-state index < -0.39 is 5.97 Å². The Hall–Kier alpha value is -1.36. The standard InChI is InChI=1S/C7H10N2O3/c1-4-8-5(3-12-2)6(9-4)7(10)11/h3H2,1-2H3,(H,8,9)(H,10,11). The van der Waals surface area contributed by atoms with Crippen molar-refractivity contribution >= 4 is 5.97 Å². The first-order valence-electron chi connectivity index (χ1n) is 3.43. The molecule has 0 saturated carbocycles. The van der Waals surface area contributed by atoms with Gasteiger partial charge in [0.1, 0.15) is 5.82 Å². The molecule has 5 heteroatoms. The molecule has 1 aromatic rings. The van der Waals surface area contributed by atoms with Gasteiger partial charge in [-0.2, -0.15) is 0 Å². The van der Waals surface area contributed by atoms with E-state index in [0.29, 0.717) is 11.5 Å². The number of hydrogen-bond donors (Lipinski definition) is 2. The summed E-state index contributed by atoms with van der Waals surface area (Å²) in [4.78, 5) is 17.2. The highest BCUT2D eigenvalue weighted by molar-refractivity contribution is 5.86. The summed E-state index contributed by atoms with van der Waals surface area (Å²) in [5.41, 5.74) is 0.539. The lowest BCUT2D eigenvalue weighted by atomic mass is 10.3. The van der Waals surface area contributed by atoms with E-state index in [1.807, 2.05) is 0 Å². The summed E-state index contributed by atoms with van der Waals surface area (Å²) in [7, 11) is 1.50. The number of aromatic carboxylic acids is 1. The van der Waals surface area contributed by atoms with Gasteiger partial charge in [0.15, 0.2) is 5.69 Å². The van der Waals surface area contributed by atoms with Crippen molar-refractivity contribution in [2.45, 2.75) is 13.5 Å². The van der Waals surface area contributed by atoms with Gasteiger partial charge in [0.05, 0.1) is 12.3 Å². The Labute approximate surface area is 69.4 Å². The van der Waals surface area contributed by atoms with E-state index in [2.05, 4.69) is 9.97 Å². The largest absolute Gasteiger partial charge is 0.476 e. The normalized spacial score (nSPS) is 10.2. The van der Waals surface area contributed by atoms with Crippen LogP contribution in [0.4, 0.5) is 0 Å². The van der Waals surface area contributed by atoms with E-state index in [4.69, 9.17) is 9.84 Å². The van der Waals surface area contributed by atoms with Crippen LogP contribution in [0.2, 0.25) is 0 Å². The van der Waals surface area contributed by atoms with Crippen molar-refractivity contribution in [1.29, 1.82) is 0 Å². The van der Waals surface area contributed by atoms with Gasteiger partial charge in [-0.15, -0.1) is 0 Å². The number of nitrogens with zero attached hydrogens (tertiary/aromatic N) is 1. The van der Waals surface area contributed by atoms with Crippen LogP contribution in [0, 0.1) is 6.92 Å². The number of aryl methyl sites for hydroxylation is 1. The fraction of sp³-hybridized carbons (Fsp3) is 0.429. The highest BCUT2D eigenvalue weighted by Gasteiger charge is 2.14. The van der Waals surface area contributed by atoms with Crippen LogP contribution in [0.5, 0.6) is 0 Å². The maximum absolute atomic E-state index is 10.6. The number of carboxylic acids is 1. The van der Waals surface area contributed by atoms with Crippen LogP contribution < -0.4 is 0 Å². The molecule has 2 N–H and O–H groups in total. The lowest BCUT2D eigenvalue weighted by Crippen LogP contribution is -2.02. The third-order valence-electron chi connectivity index (χ3n) is 1.39. The zero-order valence-corrected chi connectivity index (χ0v) is 6.92. The average molecular weight is 170 g/mol. The fourth-order valence-corrected chi connectivity index (χ4v) is 0.966. The highest BCUT2D eigenvalue weighted by Crippen LogP contribution is 2.06. The molecular weight excluding hydrogens is 160 g/mol. The number of aromatic nitrogens is 2. The summed E-state index contributed by atoms with van der Waals surface area (Å²) < 4.78 is 4.80. The molecular formula is C7H10N2O3. The molecule has 0 unspecified atom stereocenters. The molecule has 5 nitrogen and oxygen atoms in total. The van der Waals surface area contributed by atoms with Gasteiger partial charge in [0.2, 0.25) is 0 Å². The molecule has 0 amide bonds. The summed E-state index contributed by atoms with van der Waals surface area (Å²) in [6.07, 6.45) is 0. The monoisotopic (exact) mass is 170 g/mol. The van der Waals surface area contributed by atoms with Gasteiger partial charge in [0.25, 0.3) is 0 Å². The smallest absolute Gasteiger partial charge is 0.356 e. The van der Waals surface area contributed by atoms with Crippen LogP contribution in [-0.2, 0) is 11.3 Å². The summed E-state index contributed by atoms with van der Waals surface area (Å²) in [6, 6.07) is 0. The SMILES string of the molecule is COCc1[nH]c(C)nc1C(=O)O. The van der Waals surface area contributed by atoms with Gasteiger partial charge in [-0.1, -0.05) is 0 Å². The van der Waals surface area contributed by atoms with Crippen LogP contribution in [0.15, 0.2) is 0 Å². The Kier molecular flexibility index (Phi) is 2.44. The van der Waals surface area contributed by atoms with Crippen LogP contribution in [-0.4, -0.2) is 28.2 Å². The number of H-pyrrole nitrogens is 1. The lowest BCUT2D eigenvalue weighted by Gasteiger charge is -1.95. The van der Waals surface area contributed by atoms with Crippen molar-refractivity contribution < 1.29 is 14.6 Å². The van der Waals surface area contributed by atoms with Gasteiger partial charge in [-0.25, -0.2) is 9.78 Å². The zero-order chi connectivity index (χ0) is 9.14. The maximum Gasteiger partial charge on any atom is 0.356 e. The lowest BCUT2D eigenvalue weighted by molar-refractivity contribution is 0.0685. The third-order valence-corrected chi connectivity index (χ3v) is 1.39. The molecule has 66 valence electrons. The number of carbonyl (C=O) groups is 1. The molecule has 0 spiro atoms. The van der Waals surface area contributed by atoms with E-state index in [1.165, 1.54) is 7.11 Å². The number of carboxylic acid groups (broad SMARTS) is 1. The van der Waals surface area contributed by atoms with Crippen molar-refractivity contribution in [1.82, 2.24) is 9.97 Å². The van der Waals surface area contributed by atoms with E-state index >= 15 is 0 Å². The molecule has 0 saturated heterocycles. The molecule has 0 bridgehead atoms. The number of methoxy groups -OCH3 is 1. The van der Waals surface area contributed by atoms with Crippen LogP contribution >= 0.6 is 0 Å². The Bertz CT molecular complexity index is 293. The Morgan fingerprint density at radius 3 is 2.92 bits per heavy atom. The number of nitrogens with one attached hydrogen (secondary N) is 1. The summed E-state index contributed by atoms with van der Waals surface area (Å²) in [5.74, 6) is -0.453. The molecule has 1 heterocycles. The van der Waals surface area contributed by atoms with Gasteiger partial charge in [0, 0.05) is 7.11 Å². The summed E-state index contributed by atoms with van der Waals surface area (Å²) in [6.45, 7) is 1.94. The highest BCUT2D eigenvalue weighted by atomic mass is 16.5. The molecule has 0 radical (unpaired) electrons. The number of aromatic amines is 1. The predicted molar refractivity (Wildman–Crippen MR) is 41.0 cm³/mol. The van der Waals surface area contributed by atoms with Crippen LogP contribution in [0.25, 0.3) is 0 Å². The first-order valence-corrected chi connectivity index (χ1v) is 3.43. The van der Waals surface area contributed by atoms with Crippen molar-refractivity contribution in [3.8, 4) is 0 Å². The second kappa shape index (κ2) is 3.36. The molecule has 0 aliphatic rings. The first kappa shape index (κ1) is 8.73. The summed E-state index contributed by atoms with van der Waals surface area (Å²) in [5, 5.41) is 8.67. The van der Waals surface area contributed by atoms with Gasteiger partial charge in [-0.3, -0.25) is 0 Å². The average Bonchev–Trinajstić information content (AvgIpc) is 2.32. The minimum Gasteiger partial charge on any atom is -0.476 e. The third kappa shape index (κ3) is 1.62. The van der Waals surface area contributed by atoms with Gasteiger partial charge < -0.3 is 14.8 Å². The number of hydrogen-bond acceptors (Lipinski definition) is 3. The molecule has 0 fully saturated rings. The quantitative estimate of drug-likeness (QED) is 0.695. The minimum absolute atomic E-state index is 0.0364. The van der Waals surface area contributed by atoms with Crippen LogP contribution in [0.3, 0.4) is 0 Å². The van der Waals surface area contributed by atoms with Gasteiger partial charge >= 0.3 is 5.97 Å². The van der Waals surface area contributed by atoms with E-state index in [-0.39, 0.29) is 12.3 Å². The minimum atomic E-state index is -1.04. The van der Waals surface area contributed by atoms with E-state index in [1.54, 1.807) is 6.92 Å². The van der Waals surface area contributed by atoms with Crippen molar-refractivity contribution in [2.75, 3.05) is 7.11 Å². The molecule has 0 aliphatic carbocycles. The zero-order valence-electron chi connectivity index (χ0n) is 6.92. The van der Waals surface area contributed by atoms with Gasteiger partial charge in [-0.05, 0) is 6.92 Å². The van der Waals surface area contributed by atoms with E-state index in [0.717, 1.165) is 0 Å².